The van der Waals surface area contributed by atoms with E-state index in [1.807, 2.05) is 10.9 Å². The van der Waals surface area contributed by atoms with Crippen molar-refractivity contribution >= 4 is 29.1 Å². The summed E-state index contributed by atoms with van der Waals surface area (Å²) in [5.74, 6) is 0.668. The number of nitrogens with zero attached hydrogens (tertiary/aromatic N) is 4. The first kappa shape index (κ1) is 13.1. The fourth-order valence-electron chi connectivity index (χ4n) is 2.23. The van der Waals surface area contributed by atoms with E-state index in [2.05, 4.69) is 25.7 Å². The zero-order valence-electron chi connectivity index (χ0n) is 10.9. The minimum absolute atomic E-state index is 0.257. The molecule has 1 aliphatic heterocycles. The lowest BCUT2D eigenvalue weighted by molar-refractivity contribution is 0.347. The quantitative estimate of drug-likeness (QED) is 0.795. The monoisotopic (exact) mass is 293 g/mol. The Morgan fingerprint density at radius 3 is 3.10 bits per heavy atom. The van der Waals surface area contributed by atoms with Crippen molar-refractivity contribution in [3.8, 4) is 0 Å². The molecule has 0 aliphatic carbocycles. The molecule has 106 valence electrons. The Morgan fingerprint density at radius 1 is 1.45 bits per heavy atom. The van der Waals surface area contributed by atoms with Crippen LogP contribution in [-0.2, 0) is 0 Å². The zero-order chi connectivity index (χ0) is 13.9. The van der Waals surface area contributed by atoms with Crippen LogP contribution in [0.1, 0.15) is 18.9 Å². The summed E-state index contributed by atoms with van der Waals surface area (Å²) in [6.07, 6.45) is 7.49. The topological polar surface area (TPSA) is 93.7 Å². The number of hydrogen-bond acceptors (Lipinski definition) is 6. The highest BCUT2D eigenvalue weighted by molar-refractivity contribution is 6.32. The molecular weight excluding hydrogens is 278 g/mol. The number of nitrogens with one attached hydrogen (secondary N) is 2. The number of nitrogens with two attached hydrogens (primary N) is 1. The number of nitrogen functional groups attached to an aromatic ring is 1. The molecule has 0 aromatic carbocycles. The lowest BCUT2D eigenvalue weighted by atomic mass is 10.1. The SMILES string of the molecule is Nc1nc(Nc2cnn(C3CCCNC3)c2)ncc1Cl. The molecule has 3 heterocycles. The van der Waals surface area contributed by atoms with E-state index in [0.29, 0.717) is 17.0 Å². The Balaban J connectivity index is 1.71. The number of rotatable bonds is 3. The average Bonchev–Trinajstić information content (AvgIpc) is 2.92. The third-order valence-corrected chi connectivity index (χ3v) is 3.57. The Kier molecular flexibility index (Phi) is 3.70. The van der Waals surface area contributed by atoms with Crippen LogP contribution in [0.2, 0.25) is 5.02 Å². The van der Waals surface area contributed by atoms with Crippen molar-refractivity contribution in [2.75, 3.05) is 24.1 Å². The smallest absolute Gasteiger partial charge is 0.229 e. The first-order valence-electron chi connectivity index (χ1n) is 6.52. The molecule has 0 spiro atoms. The molecule has 1 unspecified atom stereocenters. The average molecular weight is 294 g/mol. The molecule has 1 aliphatic rings. The number of halogens is 1. The lowest BCUT2D eigenvalue weighted by Crippen LogP contribution is -2.31. The molecule has 0 radical (unpaired) electrons. The van der Waals surface area contributed by atoms with Crippen molar-refractivity contribution in [1.29, 1.82) is 0 Å². The molecule has 0 amide bonds. The maximum absolute atomic E-state index is 5.79. The first-order chi connectivity index (χ1) is 9.72. The summed E-state index contributed by atoms with van der Waals surface area (Å²) in [6, 6.07) is 0.399. The Labute approximate surface area is 121 Å². The molecule has 3 rings (SSSR count). The number of piperidine rings is 1. The van der Waals surface area contributed by atoms with Gasteiger partial charge >= 0.3 is 0 Å². The van der Waals surface area contributed by atoms with Crippen LogP contribution < -0.4 is 16.4 Å². The van der Waals surface area contributed by atoms with Gasteiger partial charge in [0.25, 0.3) is 0 Å². The van der Waals surface area contributed by atoms with Crippen LogP contribution in [-0.4, -0.2) is 32.8 Å². The van der Waals surface area contributed by atoms with Crippen molar-refractivity contribution < 1.29 is 0 Å². The van der Waals surface area contributed by atoms with Crippen molar-refractivity contribution in [3.63, 3.8) is 0 Å². The summed E-state index contributed by atoms with van der Waals surface area (Å²) in [7, 11) is 0. The third kappa shape index (κ3) is 2.83. The number of hydrogen-bond donors (Lipinski definition) is 3. The van der Waals surface area contributed by atoms with Gasteiger partial charge in [0.1, 0.15) is 10.8 Å². The van der Waals surface area contributed by atoms with Gasteiger partial charge in [-0.25, -0.2) is 4.98 Å². The van der Waals surface area contributed by atoms with Crippen LogP contribution in [0.5, 0.6) is 0 Å². The van der Waals surface area contributed by atoms with E-state index in [0.717, 1.165) is 25.2 Å². The molecule has 8 heteroatoms. The third-order valence-electron chi connectivity index (χ3n) is 3.27. The van der Waals surface area contributed by atoms with E-state index in [-0.39, 0.29) is 5.82 Å². The van der Waals surface area contributed by atoms with Crippen LogP contribution in [0.15, 0.2) is 18.6 Å². The van der Waals surface area contributed by atoms with Gasteiger partial charge in [-0.3, -0.25) is 4.68 Å². The van der Waals surface area contributed by atoms with Crippen LogP contribution >= 0.6 is 11.6 Å². The highest BCUT2D eigenvalue weighted by Crippen LogP contribution is 2.21. The van der Waals surface area contributed by atoms with Gasteiger partial charge in [0.2, 0.25) is 5.95 Å². The van der Waals surface area contributed by atoms with Gasteiger partial charge in [-0.15, -0.1) is 0 Å². The second-order valence-electron chi connectivity index (χ2n) is 4.76. The van der Waals surface area contributed by atoms with E-state index < -0.39 is 0 Å². The summed E-state index contributed by atoms with van der Waals surface area (Å²) in [4.78, 5) is 8.14. The van der Waals surface area contributed by atoms with Gasteiger partial charge < -0.3 is 16.4 Å². The summed E-state index contributed by atoms with van der Waals surface area (Å²) >= 11 is 5.79. The molecule has 2 aromatic heterocycles. The lowest BCUT2D eigenvalue weighted by Gasteiger charge is -2.22. The molecular formula is C12H16ClN7. The molecule has 1 saturated heterocycles. The maximum Gasteiger partial charge on any atom is 0.229 e. The highest BCUT2D eigenvalue weighted by atomic mass is 35.5. The minimum atomic E-state index is 0.257. The molecule has 20 heavy (non-hydrogen) atoms. The van der Waals surface area contributed by atoms with Crippen molar-refractivity contribution in [3.05, 3.63) is 23.6 Å². The van der Waals surface area contributed by atoms with E-state index in [1.54, 1.807) is 6.20 Å². The first-order valence-corrected chi connectivity index (χ1v) is 6.90. The van der Waals surface area contributed by atoms with Crippen LogP contribution in [0.4, 0.5) is 17.5 Å². The molecule has 1 atom stereocenters. The summed E-state index contributed by atoms with van der Waals surface area (Å²) < 4.78 is 1.97. The number of anilines is 3. The molecule has 2 aromatic rings. The van der Waals surface area contributed by atoms with Crippen molar-refractivity contribution in [2.24, 2.45) is 0 Å². The predicted octanol–water partition coefficient (Wildman–Crippen LogP) is 1.58. The minimum Gasteiger partial charge on any atom is -0.382 e. The van der Waals surface area contributed by atoms with Crippen molar-refractivity contribution in [2.45, 2.75) is 18.9 Å². The second-order valence-corrected chi connectivity index (χ2v) is 5.17. The highest BCUT2D eigenvalue weighted by Gasteiger charge is 2.15. The van der Waals surface area contributed by atoms with E-state index >= 15 is 0 Å². The van der Waals surface area contributed by atoms with Gasteiger partial charge in [0.15, 0.2) is 0 Å². The second kappa shape index (κ2) is 5.64. The van der Waals surface area contributed by atoms with E-state index in [9.17, 15) is 0 Å². The van der Waals surface area contributed by atoms with Gasteiger partial charge in [-0.1, -0.05) is 11.6 Å². The van der Waals surface area contributed by atoms with Gasteiger partial charge in [0.05, 0.1) is 24.1 Å². The van der Waals surface area contributed by atoms with Gasteiger partial charge in [-0.2, -0.15) is 10.1 Å². The van der Waals surface area contributed by atoms with E-state index in [1.165, 1.54) is 12.6 Å². The van der Waals surface area contributed by atoms with Crippen LogP contribution in [0.3, 0.4) is 0 Å². The summed E-state index contributed by atoms with van der Waals surface area (Å²) in [6.45, 7) is 2.03. The Bertz CT molecular complexity index is 591. The fraction of sp³-hybridized carbons (Fsp3) is 0.417. The maximum atomic E-state index is 5.79. The van der Waals surface area contributed by atoms with Crippen LogP contribution in [0.25, 0.3) is 0 Å². The molecule has 4 N–H and O–H groups in total. The Morgan fingerprint density at radius 2 is 2.35 bits per heavy atom. The van der Waals surface area contributed by atoms with Crippen molar-refractivity contribution in [1.82, 2.24) is 25.1 Å². The van der Waals surface area contributed by atoms with Gasteiger partial charge in [0, 0.05) is 12.7 Å². The van der Waals surface area contributed by atoms with Gasteiger partial charge in [-0.05, 0) is 19.4 Å². The van der Waals surface area contributed by atoms with E-state index in [4.69, 9.17) is 17.3 Å². The summed E-state index contributed by atoms with van der Waals surface area (Å²) in [5, 5.41) is 11.2. The Hall–Kier alpha value is -1.86. The molecule has 0 saturated carbocycles. The number of aromatic nitrogens is 4. The summed E-state index contributed by atoms with van der Waals surface area (Å²) in [5.41, 5.74) is 6.48. The van der Waals surface area contributed by atoms with Crippen LogP contribution in [0, 0.1) is 0 Å². The predicted molar refractivity (Wildman–Crippen MR) is 78.1 cm³/mol. The molecule has 1 fully saturated rings. The fourth-order valence-corrected chi connectivity index (χ4v) is 2.32. The largest absolute Gasteiger partial charge is 0.382 e. The standard InChI is InChI=1S/C12H16ClN7/c13-10-6-16-12(19-11(10)14)18-8-4-17-20(7-8)9-2-1-3-15-5-9/h4,6-7,9,15H,1-3,5H2,(H3,14,16,18,19). The molecule has 0 bridgehead atoms. The zero-order valence-corrected chi connectivity index (χ0v) is 11.6. The molecule has 7 nitrogen and oxygen atoms in total. The normalized spacial score (nSPS) is 18.9.